The predicted molar refractivity (Wildman–Crippen MR) is 198 cm³/mol. The Balaban J connectivity index is 1.32. The molecule has 1 aliphatic rings. The smallest absolute Gasteiger partial charge is 0.174 e. The first-order valence-corrected chi connectivity index (χ1v) is 17.2. The Morgan fingerprint density at radius 3 is 1.63 bits per heavy atom. The number of hydrogen-bond acceptors (Lipinski definition) is 6. The molecule has 0 saturated heterocycles. The normalized spacial score (nSPS) is 13.8. The van der Waals surface area contributed by atoms with Gasteiger partial charge >= 0.3 is 0 Å². The van der Waals surface area contributed by atoms with Crippen molar-refractivity contribution < 1.29 is 30.0 Å². The van der Waals surface area contributed by atoms with Crippen LogP contribution in [0.2, 0.25) is 0 Å². The summed E-state index contributed by atoms with van der Waals surface area (Å²) < 4.78 is 6.49. The van der Waals surface area contributed by atoms with Crippen LogP contribution >= 0.6 is 0 Å². The van der Waals surface area contributed by atoms with E-state index in [1.54, 1.807) is 12.1 Å². The molecule has 51 heavy (non-hydrogen) atoms. The molecule has 0 aliphatic carbocycles. The molecule has 0 radical (unpaired) electrons. The van der Waals surface area contributed by atoms with Crippen LogP contribution in [0.25, 0.3) is 0 Å². The number of rotatable bonds is 9. The first-order valence-electron chi connectivity index (χ1n) is 17.2. The van der Waals surface area contributed by atoms with Crippen molar-refractivity contribution in [1.29, 1.82) is 0 Å². The highest BCUT2D eigenvalue weighted by Crippen LogP contribution is 2.50. The van der Waals surface area contributed by atoms with Crippen molar-refractivity contribution in [3.8, 4) is 28.7 Å². The van der Waals surface area contributed by atoms with E-state index in [0.29, 0.717) is 24.0 Å². The lowest BCUT2D eigenvalue weighted by molar-refractivity contribution is 0.0842. The molecule has 6 aromatic rings. The number of Topliss-reactive ketones (excluding diaryl/α,β-unsaturated/α-hetero) is 1. The molecule has 0 spiro atoms. The Morgan fingerprint density at radius 1 is 0.569 bits per heavy atom. The minimum atomic E-state index is -0.627. The summed E-state index contributed by atoms with van der Waals surface area (Å²) in [7, 11) is 0. The summed E-state index contributed by atoms with van der Waals surface area (Å²) >= 11 is 0. The zero-order valence-corrected chi connectivity index (χ0v) is 28.7. The summed E-state index contributed by atoms with van der Waals surface area (Å²) in [6.45, 7) is 4.12. The standard InChI is InChI=1S/C45H40O6/c1-27-10-6-8-14-32(27)20-29-16-18-38(46)34(22-29)24-36-43(49)37(25-35-23-30(17-19-39(35)47)21-33-15-9-7-11-28(33)2)45-42(44(36)50)40(48)26-41(51-45)31-12-4-3-5-13-31/h3-19,22-23,41,46-47,49-50H,20-21,24-26H2,1-2H3/t41-/m0/s1. The van der Waals surface area contributed by atoms with E-state index in [1.165, 1.54) is 0 Å². The zero-order chi connectivity index (χ0) is 35.6. The van der Waals surface area contributed by atoms with Gasteiger partial charge in [0.1, 0.15) is 40.4 Å². The Hall–Kier alpha value is -6.01. The molecule has 0 bridgehead atoms. The van der Waals surface area contributed by atoms with Crippen LogP contribution in [-0.4, -0.2) is 26.2 Å². The van der Waals surface area contributed by atoms with Crippen molar-refractivity contribution in [1.82, 2.24) is 0 Å². The van der Waals surface area contributed by atoms with Crippen molar-refractivity contribution in [2.75, 3.05) is 0 Å². The van der Waals surface area contributed by atoms with E-state index in [2.05, 4.69) is 38.1 Å². The molecule has 0 unspecified atom stereocenters. The summed E-state index contributed by atoms with van der Waals surface area (Å²) in [4.78, 5) is 13.9. The molecule has 6 aromatic carbocycles. The highest BCUT2D eigenvalue weighted by molar-refractivity contribution is 6.04. The van der Waals surface area contributed by atoms with Crippen molar-refractivity contribution in [3.63, 3.8) is 0 Å². The van der Waals surface area contributed by atoms with Crippen LogP contribution in [-0.2, 0) is 25.7 Å². The number of hydrogen-bond donors (Lipinski definition) is 4. The van der Waals surface area contributed by atoms with Gasteiger partial charge in [-0.25, -0.2) is 0 Å². The average molecular weight is 677 g/mol. The zero-order valence-electron chi connectivity index (χ0n) is 28.7. The lowest BCUT2D eigenvalue weighted by Gasteiger charge is -2.30. The van der Waals surface area contributed by atoms with Crippen LogP contribution in [0.1, 0.15) is 84.1 Å². The minimum Gasteiger partial charge on any atom is -0.508 e. The summed E-state index contributed by atoms with van der Waals surface area (Å²) in [5, 5.41) is 45.8. The first kappa shape index (κ1) is 33.5. The molecule has 0 saturated carbocycles. The van der Waals surface area contributed by atoms with Gasteiger partial charge in [-0.2, -0.15) is 0 Å². The van der Waals surface area contributed by atoms with Crippen molar-refractivity contribution in [3.05, 3.63) is 182 Å². The van der Waals surface area contributed by atoms with Gasteiger partial charge in [0.05, 0.1) is 6.42 Å². The number of carbonyl (C=O) groups excluding carboxylic acids is 1. The van der Waals surface area contributed by atoms with E-state index in [0.717, 1.165) is 38.9 Å². The maximum absolute atomic E-state index is 13.9. The van der Waals surface area contributed by atoms with Crippen molar-refractivity contribution >= 4 is 5.78 Å². The molecule has 1 atom stereocenters. The molecular weight excluding hydrogens is 636 g/mol. The van der Waals surface area contributed by atoms with Gasteiger partial charge < -0.3 is 25.2 Å². The maximum atomic E-state index is 13.9. The molecule has 6 heteroatoms. The van der Waals surface area contributed by atoms with Crippen LogP contribution in [0.15, 0.2) is 115 Å². The van der Waals surface area contributed by atoms with Gasteiger partial charge in [-0.15, -0.1) is 0 Å². The third-order valence-electron chi connectivity index (χ3n) is 10.0. The number of benzene rings is 6. The molecule has 256 valence electrons. The second-order valence-electron chi connectivity index (χ2n) is 13.5. The third-order valence-corrected chi connectivity index (χ3v) is 10.0. The maximum Gasteiger partial charge on any atom is 0.174 e. The van der Waals surface area contributed by atoms with Gasteiger partial charge in [0.25, 0.3) is 0 Å². The number of carbonyl (C=O) groups is 1. The summed E-state index contributed by atoms with van der Waals surface area (Å²) in [6.07, 6.45) is 0.649. The van der Waals surface area contributed by atoms with Crippen LogP contribution in [0.3, 0.4) is 0 Å². The Kier molecular flexibility index (Phi) is 9.24. The topological polar surface area (TPSA) is 107 Å². The Labute approximate surface area is 297 Å². The Bertz CT molecular complexity index is 2250. The number of aryl methyl sites for hydroxylation is 2. The molecule has 4 N–H and O–H groups in total. The average Bonchev–Trinajstić information content (AvgIpc) is 3.13. The van der Waals surface area contributed by atoms with E-state index in [9.17, 15) is 25.2 Å². The number of phenolic OH excluding ortho intramolecular Hbond substituents is 4. The molecule has 1 aliphatic heterocycles. The van der Waals surface area contributed by atoms with E-state index < -0.39 is 6.10 Å². The number of ether oxygens (including phenoxy) is 1. The van der Waals surface area contributed by atoms with E-state index in [-0.39, 0.29) is 70.5 Å². The molecule has 0 amide bonds. The largest absolute Gasteiger partial charge is 0.508 e. The SMILES string of the molecule is Cc1ccccc1Cc1ccc(O)c(Cc2c(O)c(Cc3cc(Cc4ccccc4C)ccc3O)c3c(c2O)C(=O)C[C@@H](c2ccccc2)O3)c1. The fourth-order valence-electron chi connectivity index (χ4n) is 7.06. The first-order chi connectivity index (χ1) is 24.7. The van der Waals surface area contributed by atoms with Gasteiger partial charge in [-0.1, -0.05) is 103 Å². The van der Waals surface area contributed by atoms with Gasteiger partial charge in [0.2, 0.25) is 0 Å². The number of ketones is 1. The molecule has 0 fully saturated rings. The molecular formula is C45H40O6. The fourth-order valence-corrected chi connectivity index (χ4v) is 7.06. The number of phenols is 4. The van der Waals surface area contributed by atoms with Crippen molar-refractivity contribution in [2.24, 2.45) is 0 Å². The van der Waals surface area contributed by atoms with E-state index >= 15 is 0 Å². The lowest BCUT2D eigenvalue weighted by atomic mass is 9.86. The second kappa shape index (κ2) is 14.1. The van der Waals surface area contributed by atoms with Gasteiger partial charge in [-0.05, 0) is 88.9 Å². The predicted octanol–water partition coefficient (Wildman–Crippen LogP) is 9.20. The van der Waals surface area contributed by atoms with E-state index in [1.807, 2.05) is 78.9 Å². The van der Waals surface area contributed by atoms with Gasteiger partial charge in [0, 0.05) is 24.0 Å². The molecule has 0 aromatic heterocycles. The monoisotopic (exact) mass is 676 g/mol. The van der Waals surface area contributed by atoms with E-state index in [4.69, 9.17) is 4.74 Å². The molecule has 7 rings (SSSR count). The Morgan fingerprint density at radius 2 is 1.08 bits per heavy atom. The van der Waals surface area contributed by atoms with Gasteiger partial charge in [0.15, 0.2) is 5.78 Å². The third kappa shape index (κ3) is 6.90. The number of fused-ring (bicyclic) bond motifs is 1. The fraction of sp³-hybridized carbons (Fsp3) is 0.178. The highest BCUT2D eigenvalue weighted by atomic mass is 16.5. The van der Waals surface area contributed by atoms with Crippen molar-refractivity contribution in [2.45, 2.75) is 52.1 Å². The molecule has 6 nitrogen and oxygen atoms in total. The quantitative estimate of drug-likeness (QED) is 0.122. The second-order valence-corrected chi connectivity index (χ2v) is 13.5. The summed E-state index contributed by atoms with van der Waals surface area (Å²) in [5.41, 5.74) is 8.76. The highest BCUT2D eigenvalue weighted by Gasteiger charge is 2.36. The van der Waals surface area contributed by atoms with Crippen LogP contribution < -0.4 is 4.74 Å². The van der Waals surface area contributed by atoms with Crippen LogP contribution in [0, 0.1) is 13.8 Å². The van der Waals surface area contributed by atoms with Gasteiger partial charge in [-0.3, -0.25) is 4.79 Å². The summed E-state index contributed by atoms with van der Waals surface area (Å²) in [5.74, 6) is -0.797. The summed E-state index contributed by atoms with van der Waals surface area (Å²) in [6, 6.07) is 36.4. The van der Waals surface area contributed by atoms with Crippen LogP contribution in [0.4, 0.5) is 0 Å². The molecule has 1 heterocycles. The van der Waals surface area contributed by atoms with Crippen LogP contribution in [0.5, 0.6) is 28.7 Å². The lowest BCUT2D eigenvalue weighted by Crippen LogP contribution is -2.22. The number of aromatic hydroxyl groups is 4. The minimum absolute atomic E-state index is 0.00253.